The van der Waals surface area contributed by atoms with Crippen molar-refractivity contribution in [1.29, 1.82) is 0 Å². The molecule has 0 aliphatic carbocycles. The molecule has 1 heterocycles. The topological polar surface area (TPSA) is 30.8 Å². The minimum Gasteiger partial charge on any atom is -0.496 e. The molecule has 3 heteroatoms. The molecule has 3 nitrogen and oxygen atoms in total. The Labute approximate surface area is 109 Å². The Balaban J connectivity index is 2.52. The fourth-order valence-corrected chi connectivity index (χ4v) is 2.23. The quantitative estimate of drug-likeness (QED) is 0.820. The highest BCUT2D eigenvalue weighted by Crippen LogP contribution is 2.32. The van der Waals surface area contributed by atoms with Gasteiger partial charge in [-0.1, -0.05) is 19.9 Å². The normalized spacial score (nSPS) is 17.6. The van der Waals surface area contributed by atoms with Crippen LogP contribution in [0.5, 0.6) is 5.75 Å². The van der Waals surface area contributed by atoms with Crippen LogP contribution in [0.4, 0.5) is 0 Å². The summed E-state index contributed by atoms with van der Waals surface area (Å²) in [5.74, 6) is 2.01. The summed E-state index contributed by atoms with van der Waals surface area (Å²) in [6, 6.07) is 6.02. The third-order valence-electron chi connectivity index (χ3n) is 3.06. The average Bonchev–Trinajstić information content (AvgIpc) is 2.68. The molecular weight excluding hydrogens is 226 g/mol. The number of benzene rings is 1. The predicted octanol–water partition coefficient (Wildman–Crippen LogP) is 3.37. The lowest BCUT2D eigenvalue weighted by Gasteiger charge is -2.16. The molecule has 0 atom stereocenters. The highest BCUT2D eigenvalue weighted by Gasteiger charge is 2.29. The van der Waals surface area contributed by atoms with Crippen molar-refractivity contribution >= 4 is 5.90 Å². The maximum atomic E-state index is 5.74. The van der Waals surface area contributed by atoms with E-state index in [0.29, 0.717) is 12.5 Å². The van der Waals surface area contributed by atoms with Gasteiger partial charge in [0, 0.05) is 11.1 Å². The summed E-state index contributed by atoms with van der Waals surface area (Å²) < 4.78 is 11.2. The van der Waals surface area contributed by atoms with E-state index < -0.39 is 0 Å². The molecule has 0 radical (unpaired) electrons. The van der Waals surface area contributed by atoms with Crippen molar-refractivity contribution in [1.82, 2.24) is 0 Å². The standard InChI is InChI=1S/C15H21NO2/c1-10(2)13-11(7-6-8-12(13)17-5)14-16-15(3,4)9-18-14/h6-8,10H,9H2,1-5H3. The Kier molecular flexibility index (Phi) is 3.33. The molecule has 1 aromatic rings. The van der Waals surface area contributed by atoms with Gasteiger partial charge in [0.15, 0.2) is 0 Å². The third-order valence-corrected chi connectivity index (χ3v) is 3.06. The smallest absolute Gasteiger partial charge is 0.217 e. The number of hydrogen-bond acceptors (Lipinski definition) is 3. The molecule has 0 N–H and O–H groups in total. The van der Waals surface area contributed by atoms with E-state index in [0.717, 1.165) is 22.8 Å². The molecule has 0 aromatic heterocycles. The fraction of sp³-hybridized carbons (Fsp3) is 0.533. The first-order chi connectivity index (χ1) is 8.44. The van der Waals surface area contributed by atoms with Gasteiger partial charge in [-0.3, -0.25) is 0 Å². The zero-order valence-electron chi connectivity index (χ0n) is 11.8. The lowest BCUT2D eigenvalue weighted by molar-refractivity contribution is 0.279. The summed E-state index contributed by atoms with van der Waals surface area (Å²) in [7, 11) is 1.70. The number of rotatable bonds is 3. The molecule has 0 amide bonds. The van der Waals surface area contributed by atoms with Gasteiger partial charge in [-0.25, -0.2) is 4.99 Å². The highest BCUT2D eigenvalue weighted by molar-refractivity contribution is 5.97. The van der Waals surface area contributed by atoms with Crippen molar-refractivity contribution in [2.75, 3.05) is 13.7 Å². The van der Waals surface area contributed by atoms with Crippen LogP contribution in [0.2, 0.25) is 0 Å². The summed E-state index contributed by atoms with van der Waals surface area (Å²) in [5.41, 5.74) is 2.08. The number of aliphatic imine (C=N–C) groups is 1. The van der Waals surface area contributed by atoms with E-state index in [2.05, 4.69) is 38.8 Å². The first kappa shape index (κ1) is 12.9. The molecule has 0 spiro atoms. The second-order valence-electron chi connectivity index (χ2n) is 5.59. The van der Waals surface area contributed by atoms with Gasteiger partial charge in [-0.05, 0) is 31.9 Å². The predicted molar refractivity (Wildman–Crippen MR) is 73.7 cm³/mol. The van der Waals surface area contributed by atoms with E-state index in [9.17, 15) is 0 Å². The van der Waals surface area contributed by atoms with Gasteiger partial charge < -0.3 is 9.47 Å². The van der Waals surface area contributed by atoms with Crippen LogP contribution in [0.1, 0.15) is 44.7 Å². The minimum absolute atomic E-state index is 0.132. The van der Waals surface area contributed by atoms with Crippen molar-refractivity contribution in [2.45, 2.75) is 39.2 Å². The maximum absolute atomic E-state index is 5.74. The first-order valence-corrected chi connectivity index (χ1v) is 6.34. The molecule has 1 aromatic carbocycles. The molecular formula is C15H21NO2. The van der Waals surface area contributed by atoms with Crippen LogP contribution in [0.15, 0.2) is 23.2 Å². The van der Waals surface area contributed by atoms with Crippen LogP contribution in [0, 0.1) is 0 Å². The molecule has 0 unspecified atom stereocenters. The Morgan fingerprint density at radius 3 is 2.56 bits per heavy atom. The number of methoxy groups -OCH3 is 1. The van der Waals surface area contributed by atoms with E-state index in [1.54, 1.807) is 7.11 Å². The van der Waals surface area contributed by atoms with Crippen LogP contribution in [-0.4, -0.2) is 25.2 Å². The molecule has 18 heavy (non-hydrogen) atoms. The third kappa shape index (κ3) is 2.35. The molecule has 1 aliphatic heterocycles. The largest absolute Gasteiger partial charge is 0.496 e. The first-order valence-electron chi connectivity index (χ1n) is 6.34. The van der Waals surface area contributed by atoms with Crippen LogP contribution < -0.4 is 4.74 Å². The van der Waals surface area contributed by atoms with Crippen LogP contribution in [0.25, 0.3) is 0 Å². The van der Waals surface area contributed by atoms with Gasteiger partial charge in [-0.2, -0.15) is 0 Å². The summed E-state index contributed by atoms with van der Waals surface area (Å²) >= 11 is 0. The molecule has 0 bridgehead atoms. The Hall–Kier alpha value is -1.51. The molecule has 1 aliphatic rings. The van der Waals surface area contributed by atoms with Crippen molar-refractivity contribution in [3.63, 3.8) is 0 Å². The Bertz CT molecular complexity index is 475. The van der Waals surface area contributed by atoms with E-state index in [4.69, 9.17) is 9.47 Å². The Morgan fingerprint density at radius 2 is 2.06 bits per heavy atom. The van der Waals surface area contributed by atoms with E-state index in [1.807, 2.05) is 12.1 Å². The van der Waals surface area contributed by atoms with Crippen molar-refractivity contribution in [3.8, 4) is 5.75 Å². The highest BCUT2D eigenvalue weighted by atomic mass is 16.5. The van der Waals surface area contributed by atoms with Crippen LogP contribution in [0.3, 0.4) is 0 Å². The number of ether oxygens (including phenoxy) is 2. The summed E-state index contributed by atoms with van der Waals surface area (Å²) in [6.45, 7) is 9.10. The molecule has 0 saturated carbocycles. The molecule has 2 rings (SSSR count). The van der Waals surface area contributed by atoms with Crippen molar-refractivity contribution < 1.29 is 9.47 Å². The SMILES string of the molecule is COc1cccc(C2=NC(C)(C)CO2)c1C(C)C. The fourth-order valence-electron chi connectivity index (χ4n) is 2.23. The van der Waals surface area contributed by atoms with Gasteiger partial charge >= 0.3 is 0 Å². The van der Waals surface area contributed by atoms with Gasteiger partial charge in [0.2, 0.25) is 5.90 Å². The molecule has 0 fully saturated rings. The Morgan fingerprint density at radius 1 is 1.33 bits per heavy atom. The van der Waals surface area contributed by atoms with Crippen LogP contribution >= 0.6 is 0 Å². The monoisotopic (exact) mass is 247 g/mol. The van der Waals surface area contributed by atoms with Crippen molar-refractivity contribution in [3.05, 3.63) is 29.3 Å². The zero-order valence-corrected chi connectivity index (χ0v) is 11.8. The summed E-state index contributed by atoms with van der Waals surface area (Å²) in [6.07, 6.45) is 0. The average molecular weight is 247 g/mol. The van der Waals surface area contributed by atoms with Crippen LogP contribution in [-0.2, 0) is 4.74 Å². The molecule has 98 valence electrons. The minimum atomic E-state index is -0.132. The zero-order chi connectivity index (χ0) is 13.3. The summed E-state index contributed by atoms with van der Waals surface area (Å²) in [5, 5.41) is 0. The second-order valence-corrected chi connectivity index (χ2v) is 5.59. The van der Waals surface area contributed by atoms with Crippen molar-refractivity contribution in [2.24, 2.45) is 4.99 Å². The molecule has 0 saturated heterocycles. The van der Waals surface area contributed by atoms with E-state index in [1.165, 1.54) is 0 Å². The number of hydrogen-bond donors (Lipinski definition) is 0. The summed E-state index contributed by atoms with van der Waals surface area (Å²) in [4.78, 5) is 4.65. The van der Waals surface area contributed by atoms with Gasteiger partial charge in [0.1, 0.15) is 12.4 Å². The van der Waals surface area contributed by atoms with Gasteiger partial charge in [-0.15, -0.1) is 0 Å². The van der Waals surface area contributed by atoms with Gasteiger partial charge in [0.25, 0.3) is 0 Å². The number of nitrogens with zero attached hydrogens (tertiary/aromatic N) is 1. The second kappa shape index (κ2) is 4.63. The van der Waals surface area contributed by atoms with Gasteiger partial charge in [0.05, 0.1) is 12.6 Å². The van der Waals surface area contributed by atoms with E-state index in [-0.39, 0.29) is 5.54 Å². The maximum Gasteiger partial charge on any atom is 0.217 e. The van der Waals surface area contributed by atoms with E-state index >= 15 is 0 Å². The lowest BCUT2D eigenvalue weighted by atomic mass is 9.96. The lowest BCUT2D eigenvalue weighted by Crippen LogP contribution is -2.17.